The lowest BCUT2D eigenvalue weighted by Gasteiger charge is -2.02. The van der Waals surface area contributed by atoms with E-state index in [0.717, 1.165) is 27.9 Å². The maximum Gasteiger partial charge on any atom is 0.224 e. The molecular formula is C16H17N3OS. The molecule has 2 N–H and O–H groups in total. The fraction of sp³-hybridized carbons (Fsp3) is 0.250. The van der Waals surface area contributed by atoms with E-state index >= 15 is 0 Å². The van der Waals surface area contributed by atoms with Crippen molar-refractivity contribution in [3.8, 4) is 0 Å². The summed E-state index contributed by atoms with van der Waals surface area (Å²) in [6.45, 7) is 2.61. The maximum atomic E-state index is 12.1. The van der Waals surface area contributed by atoms with Gasteiger partial charge in [-0.05, 0) is 18.1 Å². The molecule has 0 radical (unpaired) electrons. The molecule has 0 fully saturated rings. The number of carbonyl (C=O) groups is 1. The Hall–Kier alpha value is -2.14. The smallest absolute Gasteiger partial charge is 0.224 e. The molecule has 1 aromatic carbocycles. The number of thiazole rings is 1. The Kier molecular flexibility index (Phi) is 4.01. The number of para-hydroxylation sites is 1. The minimum atomic E-state index is 0.0213. The van der Waals surface area contributed by atoms with Crippen molar-refractivity contribution in [2.75, 3.05) is 0 Å². The molecule has 0 unspecified atom stereocenters. The Bertz CT molecular complexity index is 760. The standard InChI is InChI=1S/C16H17N3OS/c1-2-12-9-19-16(21-12)10-18-15(20)7-11-8-17-14-6-4-3-5-13(11)14/h3-6,8-9,17H,2,7,10H2,1H3,(H,18,20). The third-order valence-electron chi connectivity index (χ3n) is 3.41. The lowest BCUT2D eigenvalue weighted by molar-refractivity contribution is -0.120. The Balaban J connectivity index is 1.61. The van der Waals surface area contributed by atoms with E-state index in [1.54, 1.807) is 11.3 Å². The lowest BCUT2D eigenvalue weighted by Crippen LogP contribution is -2.24. The first-order chi connectivity index (χ1) is 10.3. The summed E-state index contributed by atoms with van der Waals surface area (Å²) in [6, 6.07) is 8.01. The Morgan fingerprint density at radius 3 is 3.05 bits per heavy atom. The summed E-state index contributed by atoms with van der Waals surface area (Å²) in [4.78, 5) is 20.8. The highest BCUT2D eigenvalue weighted by Gasteiger charge is 2.09. The van der Waals surface area contributed by atoms with Gasteiger partial charge in [0.2, 0.25) is 5.91 Å². The first-order valence-electron chi connectivity index (χ1n) is 7.01. The van der Waals surface area contributed by atoms with Gasteiger partial charge in [0.1, 0.15) is 5.01 Å². The highest BCUT2D eigenvalue weighted by Crippen LogP contribution is 2.18. The summed E-state index contributed by atoms with van der Waals surface area (Å²) < 4.78 is 0. The van der Waals surface area contributed by atoms with Gasteiger partial charge in [-0.3, -0.25) is 4.79 Å². The Morgan fingerprint density at radius 2 is 2.24 bits per heavy atom. The fourth-order valence-corrected chi connectivity index (χ4v) is 3.08. The van der Waals surface area contributed by atoms with Crippen molar-refractivity contribution in [3.05, 3.63) is 52.1 Å². The number of aromatic nitrogens is 2. The van der Waals surface area contributed by atoms with Crippen LogP contribution in [0.1, 0.15) is 22.4 Å². The number of carbonyl (C=O) groups excluding carboxylic acids is 1. The van der Waals surface area contributed by atoms with Gasteiger partial charge in [0, 0.05) is 28.2 Å². The summed E-state index contributed by atoms with van der Waals surface area (Å²) >= 11 is 1.65. The Labute approximate surface area is 127 Å². The molecule has 0 saturated heterocycles. The number of amides is 1. The van der Waals surface area contributed by atoms with Gasteiger partial charge in [0.25, 0.3) is 0 Å². The van der Waals surface area contributed by atoms with Crippen molar-refractivity contribution in [2.24, 2.45) is 0 Å². The van der Waals surface area contributed by atoms with E-state index in [1.807, 2.05) is 36.7 Å². The Morgan fingerprint density at radius 1 is 1.38 bits per heavy atom. The van der Waals surface area contributed by atoms with Gasteiger partial charge < -0.3 is 10.3 Å². The number of nitrogens with one attached hydrogen (secondary N) is 2. The SMILES string of the molecule is CCc1cnc(CNC(=O)Cc2c[nH]c3ccccc23)s1. The van der Waals surface area contributed by atoms with E-state index < -0.39 is 0 Å². The third kappa shape index (κ3) is 3.13. The van der Waals surface area contributed by atoms with Crippen LogP contribution >= 0.6 is 11.3 Å². The topological polar surface area (TPSA) is 57.8 Å². The summed E-state index contributed by atoms with van der Waals surface area (Å²) in [6.07, 6.45) is 5.16. The number of fused-ring (bicyclic) bond motifs is 1. The molecule has 2 aromatic heterocycles. The predicted octanol–water partition coefficient (Wildman–Crippen LogP) is 3.05. The van der Waals surface area contributed by atoms with Crippen molar-refractivity contribution in [3.63, 3.8) is 0 Å². The second-order valence-electron chi connectivity index (χ2n) is 4.89. The highest BCUT2D eigenvalue weighted by molar-refractivity contribution is 7.11. The molecule has 21 heavy (non-hydrogen) atoms. The monoisotopic (exact) mass is 299 g/mol. The van der Waals surface area contributed by atoms with Crippen LogP contribution in [-0.4, -0.2) is 15.9 Å². The lowest BCUT2D eigenvalue weighted by atomic mass is 10.1. The van der Waals surface area contributed by atoms with Crippen LogP contribution in [0.3, 0.4) is 0 Å². The van der Waals surface area contributed by atoms with E-state index in [4.69, 9.17) is 0 Å². The van der Waals surface area contributed by atoms with Crippen LogP contribution in [0.5, 0.6) is 0 Å². The van der Waals surface area contributed by atoms with Crippen LogP contribution in [0.2, 0.25) is 0 Å². The molecule has 3 aromatic rings. The summed E-state index contributed by atoms with van der Waals surface area (Å²) in [5, 5.41) is 5.00. The predicted molar refractivity (Wildman–Crippen MR) is 85.3 cm³/mol. The first-order valence-corrected chi connectivity index (χ1v) is 7.83. The van der Waals surface area contributed by atoms with Crippen LogP contribution < -0.4 is 5.32 Å². The van der Waals surface area contributed by atoms with E-state index in [9.17, 15) is 4.79 Å². The number of nitrogens with zero attached hydrogens (tertiary/aromatic N) is 1. The van der Waals surface area contributed by atoms with Gasteiger partial charge in [-0.15, -0.1) is 11.3 Å². The molecule has 0 aliphatic rings. The first kappa shape index (κ1) is 13.8. The maximum absolute atomic E-state index is 12.1. The average molecular weight is 299 g/mol. The average Bonchev–Trinajstić information content (AvgIpc) is 3.12. The van der Waals surface area contributed by atoms with E-state index in [1.165, 1.54) is 4.88 Å². The molecule has 0 bridgehead atoms. The summed E-state index contributed by atoms with van der Waals surface area (Å²) in [5.41, 5.74) is 2.09. The van der Waals surface area contributed by atoms with Crippen molar-refractivity contribution in [2.45, 2.75) is 26.3 Å². The van der Waals surface area contributed by atoms with Crippen LogP contribution in [0.15, 0.2) is 36.7 Å². The number of aromatic amines is 1. The molecule has 0 spiro atoms. The number of rotatable bonds is 5. The molecular weight excluding hydrogens is 282 g/mol. The number of H-pyrrole nitrogens is 1. The second kappa shape index (κ2) is 6.10. The number of aryl methyl sites for hydroxylation is 1. The molecule has 1 amide bonds. The number of hydrogen-bond acceptors (Lipinski definition) is 3. The van der Waals surface area contributed by atoms with Crippen LogP contribution in [0.4, 0.5) is 0 Å². The molecule has 0 saturated carbocycles. The summed E-state index contributed by atoms with van der Waals surface area (Å²) in [7, 11) is 0. The van der Waals surface area contributed by atoms with E-state index in [0.29, 0.717) is 13.0 Å². The molecule has 0 atom stereocenters. The van der Waals surface area contributed by atoms with Gasteiger partial charge in [0.15, 0.2) is 0 Å². The van der Waals surface area contributed by atoms with Crippen molar-refractivity contribution < 1.29 is 4.79 Å². The summed E-state index contributed by atoms with van der Waals surface area (Å²) in [5.74, 6) is 0.0213. The number of hydrogen-bond donors (Lipinski definition) is 2. The minimum absolute atomic E-state index is 0.0213. The highest BCUT2D eigenvalue weighted by atomic mass is 32.1. The van der Waals surface area contributed by atoms with Gasteiger partial charge in [-0.25, -0.2) is 4.98 Å². The third-order valence-corrected chi connectivity index (χ3v) is 4.55. The number of benzene rings is 1. The molecule has 2 heterocycles. The van der Waals surface area contributed by atoms with Crippen molar-refractivity contribution in [1.82, 2.24) is 15.3 Å². The van der Waals surface area contributed by atoms with Gasteiger partial charge in [-0.1, -0.05) is 25.1 Å². The zero-order chi connectivity index (χ0) is 14.7. The molecule has 0 aliphatic heterocycles. The normalized spacial score (nSPS) is 10.9. The molecule has 0 aliphatic carbocycles. The molecule has 5 heteroatoms. The van der Waals surface area contributed by atoms with Gasteiger partial charge >= 0.3 is 0 Å². The van der Waals surface area contributed by atoms with Crippen LogP contribution in [-0.2, 0) is 24.2 Å². The van der Waals surface area contributed by atoms with Gasteiger partial charge in [-0.2, -0.15) is 0 Å². The second-order valence-corrected chi connectivity index (χ2v) is 6.09. The van der Waals surface area contributed by atoms with Crippen LogP contribution in [0.25, 0.3) is 10.9 Å². The largest absolute Gasteiger partial charge is 0.361 e. The van der Waals surface area contributed by atoms with E-state index in [-0.39, 0.29) is 5.91 Å². The van der Waals surface area contributed by atoms with Gasteiger partial charge in [0.05, 0.1) is 13.0 Å². The zero-order valence-electron chi connectivity index (χ0n) is 11.8. The van der Waals surface area contributed by atoms with Crippen molar-refractivity contribution >= 4 is 28.1 Å². The fourth-order valence-electron chi connectivity index (χ4n) is 2.28. The minimum Gasteiger partial charge on any atom is -0.361 e. The molecule has 3 rings (SSSR count). The zero-order valence-corrected chi connectivity index (χ0v) is 12.7. The molecule has 4 nitrogen and oxygen atoms in total. The molecule has 108 valence electrons. The van der Waals surface area contributed by atoms with Crippen molar-refractivity contribution in [1.29, 1.82) is 0 Å². The van der Waals surface area contributed by atoms with Crippen LogP contribution in [0, 0.1) is 0 Å². The van der Waals surface area contributed by atoms with E-state index in [2.05, 4.69) is 22.2 Å². The quantitative estimate of drug-likeness (QED) is 0.761.